The number of carbonyl (C=O) groups excluding carboxylic acids is 1. The fraction of sp³-hybridized carbons (Fsp3) is 0.421. The van der Waals surface area contributed by atoms with Crippen LogP contribution in [0.25, 0.3) is 0 Å². The third kappa shape index (κ3) is 3.46. The van der Waals surface area contributed by atoms with Crippen molar-refractivity contribution in [3.05, 3.63) is 46.4 Å². The number of aromatic nitrogens is 2. The maximum atomic E-state index is 12.6. The molecular formula is C19H23N3OS. The summed E-state index contributed by atoms with van der Waals surface area (Å²) in [5.74, 6) is 0.803. The molecule has 1 aromatic carbocycles. The Balaban J connectivity index is 1.74. The van der Waals surface area contributed by atoms with Gasteiger partial charge in [-0.05, 0) is 64.2 Å². The molecule has 24 heavy (non-hydrogen) atoms. The minimum Gasteiger partial charge on any atom is -0.325 e. The molecule has 0 spiro atoms. The van der Waals surface area contributed by atoms with Gasteiger partial charge in [0.1, 0.15) is 10.9 Å². The van der Waals surface area contributed by atoms with Gasteiger partial charge in [-0.2, -0.15) is 0 Å². The van der Waals surface area contributed by atoms with E-state index in [4.69, 9.17) is 0 Å². The van der Waals surface area contributed by atoms with E-state index in [0.717, 1.165) is 47.1 Å². The molecule has 0 radical (unpaired) electrons. The van der Waals surface area contributed by atoms with Crippen molar-refractivity contribution in [2.45, 2.75) is 57.2 Å². The summed E-state index contributed by atoms with van der Waals surface area (Å²) in [6.07, 6.45) is 3.17. The average Bonchev–Trinajstić information content (AvgIpc) is 3.00. The van der Waals surface area contributed by atoms with E-state index in [2.05, 4.69) is 28.3 Å². The largest absolute Gasteiger partial charge is 0.325 e. The van der Waals surface area contributed by atoms with Crippen molar-refractivity contribution in [2.24, 2.45) is 0 Å². The van der Waals surface area contributed by atoms with E-state index in [1.54, 1.807) is 0 Å². The number of hydrogen-bond donors (Lipinski definition) is 1. The number of anilines is 1. The lowest BCUT2D eigenvalue weighted by atomic mass is 10.1. The second kappa shape index (κ2) is 6.93. The van der Waals surface area contributed by atoms with Crippen LogP contribution in [-0.2, 0) is 17.6 Å². The standard InChI is InChI=1S/C19H23N3OS/c1-11-7-5-9-16(12(11)2)22-18(23)13(3)24-19-15-8-6-10-17(15)20-14(4)21-19/h5,7,9,13H,6,8,10H2,1-4H3,(H,22,23). The van der Waals surface area contributed by atoms with Gasteiger partial charge in [0.2, 0.25) is 5.91 Å². The normalized spacial score (nSPS) is 14.3. The first-order valence-corrected chi connectivity index (χ1v) is 9.24. The van der Waals surface area contributed by atoms with Crippen molar-refractivity contribution >= 4 is 23.4 Å². The van der Waals surface area contributed by atoms with Gasteiger partial charge in [-0.1, -0.05) is 23.9 Å². The van der Waals surface area contributed by atoms with Gasteiger partial charge in [0.05, 0.1) is 5.25 Å². The highest BCUT2D eigenvalue weighted by molar-refractivity contribution is 8.00. The van der Waals surface area contributed by atoms with Crippen LogP contribution in [0, 0.1) is 20.8 Å². The quantitative estimate of drug-likeness (QED) is 0.674. The highest BCUT2D eigenvalue weighted by Crippen LogP contribution is 2.32. The molecule has 3 rings (SSSR count). The van der Waals surface area contributed by atoms with Gasteiger partial charge < -0.3 is 5.32 Å². The third-order valence-corrected chi connectivity index (χ3v) is 5.66. The molecule has 1 unspecified atom stereocenters. The molecule has 0 saturated carbocycles. The summed E-state index contributed by atoms with van der Waals surface area (Å²) in [6.45, 7) is 7.94. The van der Waals surface area contributed by atoms with Crippen LogP contribution in [0.2, 0.25) is 0 Å². The summed E-state index contributed by atoms with van der Waals surface area (Å²) in [4.78, 5) is 21.7. The number of aryl methyl sites for hydroxylation is 3. The molecule has 2 aromatic rings. The van der Waals surface area contributed by atoms with E-state index in [9.17, 15) is 4.79 Å². The Morgan fingerprint density at radius 2 is 2.00 bits per heavy atom. The van der Waals surface area contributed by atoms with Gasteiger partial charge in [0.25, 0.3) is 0 Å². The molecule has 0 fully saturated rings. The van der Waals surface area contributed by atoms with Crippen molar-refractivity contribution in [3.63, 3.8) is 0 Å². The molecule has 0 saturated heterocycles. The average molecular weight is 341 g/mol. The zero-order valence-corrected chi connectivity index (χ0v) is 15.5. The first kappa shape index (κ1) is 17.0. The molecule has 4 nitrogen and oxygen atoms in total. The molecule has 0 bridgehead atoms. The Labute approximate surface area is 147 Å². The Morgan fingerprint density at radius 3 is 2.79 bits per heavy atom. The van der Waals surface area contributed by atoms with Gasteiger partial charge in [-0.15, -0.1) is 0 Å². The van der Waals surface area contributed by atoms with Crippen molar-refractivity contribution in [1.29, 1.82) is 0 Å². The highest BCUT2D eigenvalue weighted by atomic mass is 32.2. The number of fused-ring (bicyclic) bond motifs is 1. The molecule has 126 valence electrons. The summed E-state index contributed by atoms with van der Waals surface area (Å²) in [7, 11) is 0. The molecule has 1 aliphatic carbocycles. The number of benzene rings is 1. The van der Waals surface area contributed by atoms with Crippen LogP contribution in [0.5, 0.6) is 0 Å². The van der Waals surface area contributed by atoms with E-state index >= 15 is 0 Å². The molecule has 1 amide bonds. The first-order valence-electron chi connectivity index (χ1n) is 8.36. The lowest BCUT2D eigenvalue weighted by Gasteiger charge is -2.15. The van der Waals surface area contributed by atoms with Gasteiger partial charge in [-0.25, -0.2) is 9.97 Å². The van der Waals surface area contributed by atoms with E-state index in [1.165, 1.54) is 22.9 Å². The van der Waals surface area contributed by atoms with Gasteiger partial charge in [-0.3, -0.25) is 4.79 Å². The second-order valence-electron chi connectivity index (χ2n) is 6.35. The number of carbonyl (C=O) groups is 1. The summed E-state index contributed by atoms with van der Waals surface area (Å²) >= 11 is 1.54. The molecule has 1 heterocycles. The first-order chi connectivity index (χ1) is 11.5. The van der Waals surface area contributed by atoms with Crippen molar-refractivity contribution < 1.29 is 4.79 Å². The fourth-order valence-electron chi connectivity index (χ4n) is 2.96. The number of amides is 1. The summed E-state index contributed by atoms with van der Waals surface area (Å²) in [5.41, 5.74) is 5.57. The van der Waals surface area contributed by atoms with Crippen molar-refractivity contribution in [1.82, 2.24) is 9.97 Å². The number of nitrogens with one attached hydrogen (secondary N) is 1. The van der Waals surface area contributed by atoms with Gasteiger partial charge >= 0.3 is 0 Å². The lowest BCUT2D eigenvalue weighted by molar-refractivity contribution is -0.115. The van der Waals surface area contributed by atoms with Crippen LogP contribution in [0.1, 0.15) is 41.6 Å². The maximum absolute atomic E-state index is 12.6. The number of nitrogens with zero attached hydrogens (tertiary/aromatic N) is 2. The topological polar surface area (TPSA) is 54.9 Å². The molecule has 1 aromatic heterocycles. The Kier molecular flexibility index (Phi) is 4.90. The minimum atomic E-state index is -0.205. The Morgan fingerprint density at radius 1 is 1.21 bits per heavy atom. The van der Waals surface area contributed by atoms with Gasteiger partial charge in [0.15, 0.2) is 0 Å². The Bertz CT molecular complexity index is 788. The molecular weight excluding hydrogens is 318 g/mol. The van der Waals surface area contributed by atoms with E-state index < -0.39 is 0 Å². The monoisotopic (exact) mass is 341 g/mol. The smallest absolute Gasteiger partial charge is 0.237 e. The fourth-order valence-corrected chi connectivity index (χ4v) is 4.00. The maximum Gasteiger partial charge on any atom is 0.237 e. The molecule has 1 aliphatic rings. The summed E-state index contributed by atoms with van der Waals surface area (Å²) in [6, 6.07) is 5.97. The van der Waals surface area contributed by atoms with Crippen LogP contribution in [0.15, 0.2) is 23.2 Å². The predicted octanol–water partition coefficient (Wildman–Crippen LogP) is 4.01. The summed E-state index contributed by atoms with van der Waals surface area (Å²) in [5, 5.41) is 3.82. The van der Waals surface area contributed by atoms with E-state index in [-0.39, 0.29) is 11.2 Å². The molecule has 1 N–H and O–H groups in total. The van der Waals surface area contributed by atoms with Crippen molar-refractivity contribution in [3.8, 4) is 0 Å². The van der Waals surface area contributed by atoms with E-state index in [1.807, 2.05) is 32.9 Å². The molecule has 0 aliphatic heterocycles. The summed E-state index contributed by atoms with van der Waals surface area (Å²) < 4.78 is 0. The SMILES string of the molecule is Cc1nc2c(c(SC(C)C(=O)Nc3cccc(C)c3C)n1)CCC2. The van der Waals surface area contributed by atoms with Gasteiger partial charge in [0, 0.05) is 16.9 Å². The number of thioether (sulfide) groups is 1. The third-order valence-electron chi connectivity index (χ3n) is 4.53. The molecule has 5 heteroatoms. The van der Waals surface area contributed by atoms with Crippen LogP contribution >= 0.6 is 11.8 Å². The van der Waals surface area contributed by atoms with Crippen LogP contribution in [0.4, 0.5) is 5.69 Å². The zero-order chi connectivity index (χ0) is 17.3. The van der Waals surface area contributed by atoms with Crippen LogP contribution in [-0.4, -0.2) is 21.1 Å². The molecule has 1 atom stereocenters. The van der Waals surface area contributed by atoms with E-state index in [0.29, 0.717) is 0 Å². The predicted molar refractivity (Wildman–Crippen MR) is 98.7 cm³/mol. The lowest BCUT2D eigenvalue weighted by Crippen LogP contribution is -2.23. The number of hydrogen-bond acceptors (Lipinski definition) is 4. The van der Waals surface area contributed by atoms with Crippen molar-refractivity contribution in [2.75, 3.05) is 5.32 Å². The highest BCUT2D eigenvalue weighted by Gasteiger charge is 2.23. The van der Waals surface area contributed by atoms with Crippen LogP contribution in [0.3, 0.4) is 0 Å². The number of rotatable bonds is 4. The van der Waals surface area contributed by atoms with Crippen LogP contribution < -0.4 is 5.32 Å². The minimum absolute atomic E-state index is 0.0108. The second-order valence-corrected chi connectivity index (χ2v) is 7.68. The Hall–Kier alpha value is -1.88. The zero-order valence-electron chi connectivity index (χ0n) is 14.6.